The molecule has 0 saturated carbocycles. The minimum Gasteiger partial charge on any atom is -0.323 e. The van der Waals surface area contributed by atoms with Crippen molar-refractivity contribution in [2.45, 2.75) is 25.4 Å². The van der Waals surface area contributed by atoms with Crippen LogP contribution >= 0.6 is 22.7 Å². The first-order chi connectivity index (χ1) is 10.3. The van der Waals surface area contributed by atoms with E-state index in [1.807, 2.05) is 16.7 Å². The van der Waals surface area contributed by atoms with Crippen molar-refractivity contribution in [3.05, 3.63) is 56.1 Å². The SMILES string of the molecule is O=c1cc(C[NH+]2CCC[C@@H]2c2cccs2)nc2sccn12. The first kappa shape index (κ1) is 13.2. The number of likely N-dealkylation sites (tertiary alicyclic amines) is 1. The molecule has 1 unspecified atom stereocenters. The highest BCUT2D eigenvalue weighted by molar-refractivity contribution is 7.15. The van der Waals surface area contributed by atoms with Gasteiger partial charge < -0.3 is 4.90 Å². The van der Waals surface area contributed by atoms with Gasteiger partial charge in [0.15, 0.2) is 4.96 Å². The zero-order valence-electron chi connectivity index (χ0n) is 11.5. The van der Waals surface area contributed by atoms with E-state index < -0.39 is 0 Å². The molecule has 0 spiro atoms. The van der Waals surface area contributed by atoms with Gasteiger partial charge in [0.25, 0.3) is 5.56 Å². The summed E-state index contributed by atoms with van der Waals surface area (Å²) in [4.78, 5) is 20.5. The molecule has 0 aliphatic carbocycles. The van der Waals surface area contributed by atoms with Crippen molar-refractivity contribution in [1.29, 1.82) is 0 Å². The lowest BCUT2D eigenvalue weighted by Crippen LogP contribution is -3.08. The molecule has 1 aliphatic heterocycles. The molecule has 4 nitrogen and oxygen atoms in total. The minimum absolute atomic E-state index is 0.0301. The number of nitrogens with zero attached hydrogens (tertiary/aromatic N) is 2. The Labute approximate surface area is 130 Å². The Bertz CT molecular complexity index is 806. The summed E-state index contributed by atoms with van der Waals surface area (Å²) < 4.78 is 1.62. The molecule has 1 N–H and O–H groups in total. The van der Waals surface area contributed by atoms with E-state index in [4.69, 9.17) is 0 Å². The van der Waals surface area contributed by atoms with Gasteiger partial charge in [0.2, 0.25) is 0 Å². The minimum atomic E-state index is 0.0301. The third-order valence-corrected chi connectivity index (χ3v) is 5.88. The summed E-state index contributed by atoms with van der Waals surface area (Å²) in [6, 6.07) is 6.61. The Morgan fingerprint density at radius 1 is 1.38 bits per heavy atom. The van der Waals surface area contributed by atoms with Crippen LogP contribution in [0.5, 0.6) is 0 Å². The van der Waals surface area contributed by atoms with E-state index in [9.17, 15) is 4.79 Å². The molecule has 1 aliphatic rings. The Kier molecular flexibility index (Phi) is 3.37. The van der Waals surface area contributed by atoms with Crippen LogP contribution in [0.3, 0.4) is 0 Å². The van der Waals surface area contributed by atoms with E-state index in [1.54, 1.807) is 16.7 Å². The topological polar surface area (TPSA) is 38.8 Å². The van der Waals surface area contributed by atoms with Crippen molar-refractivity contribution < 1.29 is 4.90 Å². The molecular formula is C15H16N3OS2+. The summed E-state index contributed by atoms with van der Waals surface area (Å²) in [5.41, 5.74) is 0.948. The van der Waals surface area contributed by atoms with Crippen LogP contribution in [0, 0.1) is 0 Å². The summed E-state index contributed by atoms with van der Waals surface area (Å²) in [7, 11) is 0. The molecular weight excluding hydrogens is 302 g/mol. The van der Waals surface area contributed by atoms with Crippen molar-refractivity contribution in [2.75, 3.05) is 6.54 Å². The van der Waals surface area contributed by atoms with Gasteiger partial charge in [-0.05, 0) is 11.4 Å². The predicted molar refractivity (Wildman–Crippen MR) is 85.2 cm³/mol. The third kappa shape index (κ3) is 2.43. The molecule has 1 saturated heterocycles. The average molecular weight is 318 g/mol. The second-order valence-electron chi connectivity index (χ2n) is 5.44. The molecule has 1 fully saturated rings. The van der Waals surface area contributed by atoms with E-state index >= 15 is 0 Å². The fourth-order valence-electron chi connectivity index (χ4n) is 3.17. The number of nitrogens with one attached hydrogen (secondary N) is 1. The van der Waals surface area contributed by atoms with Crippen LogP contribution in [0.15, 0.2) is 40.0 Å². The van der Waals surface area contributed by atoms with Gasteiger partial charge in [-0.25, -0.2) is 4.98 Å². The number of quaternary nitrogens is 1. The van der Waals surface area contributed by atoms with Gasteiger partial charge in [0.05, 0.1) is 11.4 Å². The van der Waals surface area contributed by atoms with Crippen LogP contribution in [0.4, 0.5) is 0 Å². The maximum absolute atomic E-state index is 12.1. The van der Waals surface area contributed by atoms with Crippen LogP contribution < -0.4 is 10.5 Å². The molecule has 4 heterocycles. The number of aromatic nitrogens is 2. The summed E-state index contributed by atoms with van der Waals surface area (Å²) in [6.07, 6.45) is 4.27. The largest absolute Gasteiger partial charge is 0.323 e. The smallest absolute Gasteiger partial charge is 0.258 e. The molecule has 0 bridgehead atoms. The van der Waals surface area contributed by atoms with Crippen LogP contribution in [-0.4, -0.2) is 15.9 Å². The number of fused-ring (bicyclic) bond motifs is 1. The standard InChI is InChI=1S/C15H15N3OS2/c19-14-9-11(16-15-18(14)6-8-21-15)10-17-5-1-3-12(17)13-4-2-7-20-13/h2,4,6-9,12H,1,3,5,10H2/p+1/t12-/m1/s1. The molecule has 6 heteroatoms. The monoisotopic (exact) mass is 318 g/mol. The normalized spacial score (nSPS) is 22.1. The van der Waals surface area contributed by atoms with Crippen molar-refractivity contribution in [2.24, 2.45) is 0 Å². The lowest BCUT2D eigenvalue weighted by Gasteiger charge is -2.20. The molecule has 4 rings (SSSR count). The summed E-state index contributed by atoms with van der Waals surface area (Å²) in [5, 5.41) is 4.05. The number of hydrogen-bond acceptors (Lipinski definition) is 4. The highest BCUT2D eigenvalue weighted by Gasteiger charge is 2.31. The summed E-state index contributed by atoms with van der Waals surface area (Å²) in [5.74, 6) is 0. The number of thiazole rings is 1. The van der Waals surface area contributed by atoms with E-state index in [-0.39, 0.29) is 5.56 Å². The zero-order chi connectivity index (χ0) is 14.2. The lowest BCUT2D eigenvalue weighted by atomic mass is 10.2. The quantitative estimate of drug-likeness (QED) is 0.799. The van der Waals surface area contributed by atoms with E-state index in [2.05, 4.69) is 22.5 Å². The van der Waals surface area contributed by atoms with Gasteiger partial charge in [0.1, 0.15) is 18.3 Å². The zero-order valence-corrected chi connectivity index (χ0v) is 13.1. The van der Waals surface area contributed by atoms with Gasteiger partial charge in [-0.1, -0.05) is 6.07 Å². The Hall–Kier alpha value is -1.50. The van der Waals surface area contributed by atoms with E-state index in [0.717, 1.165) is 23.7 Å². The highest BCUT2D eigenvalue weighted by Crippen LogP contribution is 2.23. The highest BCUT2D eigenvalue weighted by atomic mass is 32.1. The van der Waals surface area contributed by atoms with Crippen molar-refractivity contribution in [1.82, 2.24) is 9.38 Å². The second kappa shape index (κ2) is 5.36. The van der Waals surface area contributed by atoms with Gasteiger partial charge in [-0.15, -0.1) is 22.7 Å². The molecule has 3 aromatic heterocycles. The molecule has 21 heavy (non-hydrogen) atoms. The number of thiophene rings is 1. The van der Waals surface area contributed by atoms with Gasteiger partial charge >= 0.3 is 0 Å². The third-order valence-electron chi connectivity index (χ3n) is 4.13. The first-order valence-corrected chi connectivity index (χ1v) is 8.91. The average Bonchev–Trinajstić information content (AvgIpc) is 3.19. The maximum Gasteiger partial charge on any atom is 0.258 e. The summed E-state index contributed by atoms with van der Waals surface area (Å²) in [6.45, 7) is 2.00. The van der Waals surface area contributed by atoms with Gasteiger partial charge in [-0.3, -0.25) is 9.20 Å². The molecule has 0 radical (unpaired) electrons. The van der Waals surface area contributed by atoms with Gasteiger partial charge in [0, 0.05) is 30.5 Å². The fourth-order valence-corrected chi connectivity index (χ4v) is 4.83. The van der Waals surface area contributed by atoms with Gasteiger partial charge in [-0.2, -0.15) is 0 Å². The van der Waals surface area contributed by atoms with Crippen LogP contribution in [-0.2, 0) is 6.54 Å². The fraction of sp³-hybridized carbons (Fsp3) is 0.333. The van der Waals surface area contributed by atoms with Crippen molar-refractivity contribution in [3.8, 4) is 0 Å². The Morgan fingerprint density at radius 3 is 3.19 bits per heavy atom. The summed E-state index contributed by atoms with van der Waals surface area (Å²) >= 11 is 3.35. The van der Waals surface area contributed by atoms with E-state index in [0.29, 0.717) is 6.04 Å². The van der Waals surface area contributed by atoms with Crippen molar-refractivity contribution >= 4 is 27.6 Å². The molecule has 2 atom stereocenters. The van der Waals surface area contributed by atoms with Crippen LogP contribution in [0.1, 0.15) is 29.5 Å². The lowest BCUT2D eigenvalue weighted by molar-refractivity contribution is -0.932. The number of hydrogen-bond donors (Lipinski definition) is 1. The Balaban J connectivity index is 1.63. The first-order valence-electron chi connectivity index (χ1n) is 7.15. The molecule has 0 aromatic carbocycles. The van der Waals surface area contributed by atoms with Crippen LogP contribution in [0.25, 0.3) is 4.96 Å². The second-order valence-corrected chi connectivity index (χ2v) is 7.29. The molecule has 3 aromatic rings. The number of rotatable bonds is 3. The Morgan fingerprint density at radius 2 is 2.33 bits per heavy atom. The van der Waals surface area contributed by atoms with E-state index in [1.165, 1.54) is 34.0 Å². The molecule has 0 amide bonds. The van der Waals surface area contributed by atoms with Crippen molar-refractivity contribution in [3.63, 3.8) is 0 Å². The maximum atomic E-state index is 12.1. The molecule has 108 valence electrons. The predicted octanol–water partition coefficient (Wildman–Crippen LogP) is 1.74. The van der Waals surface area contributed by atoms with Crippen LogP contribution in [0.2, 0.25) is 0 Å².